The number of aromatic nitrogens is 5. The number of hydrogen-bond acceptors (Lipinski definition) is 7. The molecular weight excluding hydrogens is 534 g/mol. The van der Waals surface area contributed by atoms with Gasteiger partial charge < -0.3 is 16.0 Å². The van der Waals surface area contributed by atoms with E-state index in [1.54, 1.807) is 18.5 Å². The van der Waals surface area contributed by atoms with Crippen molar-refractivity contribution in [1.29, 1.82) is 0 Å². The zero-order chi connectivity index (χ0) is 27.7. The molecular formula is C25H21ClF2N8O3. The Bertz CT molecular complexity index is 1580. The lowest BCUT2D eigenvalue weighted by molar-refractivity contribution is -0.139. The molecule has 0 aliphatic carbocycles. The van der Waals surface area contributed by atoms with Gasteiger partial charge in [0.25, 0.3) is 5.91 Å². The fraction of sp³-hybridized carbons (Fsp3) is 0.240. The van der Waals surface area contributed by atoms with E-state index < -0.39 is 42.3 Å². The Morgan fingerprint density at radius 1 is 1.18 bits per heavy atom. The molecule has 3 amide bonds. The summed E-state index contributed by atoms with van der Waals surface area (Å²) < 4.78 is 29.8. The zero-order valence-corrected chi connectivity index (χ0v) is 21.0. The maximum Gasteiger partial charge on any atom is 0.269 e. The van der Waals surface area contributed by atoms with Crippen LogP contribution in [-0.4, -0.2) is 66.1 Å². The van der Waals surface area contributed by atoms with Crippen LogP contribution >= 0.6 is 11.6 Å². The number of nitrogens with two attached hydrogens (primary N) is 1. The van der Waals surface area contributed by atoms with E-state index in [1.165, 1.54) is 35.4 Å². The van der Waals surface area contributed by atoms with Crippen LogP contribution in [0.15, 0.2) is 49.2 Å². The summed E-state index contributed by atoms with van der Waals surface area (Å²) in [6.45, 7) is -0.896. The Balaban J connectivity index is 1.36. The molecule has 3 aromatic heterocycles. The highest BCUT2D eigenvalue weighted by Gasteiger charge is 2.40. The molecule has 39 heavy (non-hydrogen) atoms. The van der Waals surface area contributed by atoms with E-state index in [4.69, 9.17) is 17.3 Å². The first-order chi connectivity index (χ1) is 18.7. The van der Waals surface area contributed by atoms with Crippen LogP contribution in [-0.2, 0) is 22.7 Å². The Hall–Kier alpha value is -4.52. The summed E-state index contributed by atoms with van der Waals surface area (Å²) in [5, 5.41) is 7.00. The number of carbonyl (C=O) groups excluding carboxylic acids is 3. The van der Waals surface area contributed by atoms with Gasteiger partial charge in [-0.2, -0.15) is 5.10 Å². The largest absolute Gasteiger partial charge is 0.364 e. The molecule has 0 saturated carbocycles. The smallest absolute Gasteiger partial charge is 0.269 e. The minimum atomic E-state index is -1.43. The van der Waals surface area contributed by atoms with E-state index >= 15 is 0 Å². The molecule has 14 heteroatoms. The second kappa shape index (κ2) is 10.7. The molecule has 5 rings (SSSR count). The summed E-state index contributed by atoms with van der Waals surface area (Å²) in [6, 6.07) is 4.84. The number of pyridine rings is 1. The van der Waals surface area contributed by atoms with Crippen molar-refractivity contribution in [2.45, 2.75) is 31.7 Å². The van der Waals surface area contributed by atoms with Crippen molar-refractivity contribution in [2.75, 3.05) is 6.54 Å². The normalized spacial score (nSPS) is 16.9. The standard InChI is InChI=1S/C25H21ClF2N8O3/c26-17-3-1-2-13(22(17)28)8-33-25(39)19-4-15(27)10-35(19)21(37)11-36-20-9-32-18(14-6-30-12-31-7-14)5-16(20)23(34-36)24(29)38/h1-3,5-7,9,12,15,19H,4,8,10-11H2,(H2,29,38)(H,33,39)/t15-,19+/m1/s1. The van der Waals surface area contributed by atoms with Gasteiger partial charge in [-0.15, -0.1) is 0 Å². The summed E-state index contributed by atoms with van der Waals surface area (Å²) in [5.41, 5.74) is 6.99. The van der Waals surface area contributed by atoms with Gasteiger partial charge >= 0.3 is 0 Å². The van der Waals surface area contributed by atoms with Crippen LogP contribution in [0.4, 0.5) is 8.78 Å². The van der Waals surface area contributed by atoms with Gasteiger partial charge in [-0.05, 0) is 12.1 Å². The fourth-order valence-electron chi connectivity index (χ4n) is 4.48. The van der Waals surface area contributed by atoms with Crippen LogP contribution in [0.5, 0.6) is 0 Å². The molecule has 1 saturated heterocycles. The summed E-state index contributed by atoms with van der Waals surface area (Å²) >= 11 is 5.78. The minimum absolute atomic E-state index is 0.0825. The topological polar surface area (TPSA) is 149 Å². The molecule has 0 spiro atoms. The number of halogens is 3. The van der Waals surface area contributed by atoms with E-state index in [1.807, 2.05) is 0 Å². The molecule has 1 aromatic carbocycles. The van der Waals surface area contributed by atoms with Gasteiger partial charge in [-0.25, -0.2) is 18.7 Å². The van der Waals surface area contributed by atoms with Crippen molar-refractivity contribution in [3.05, 3.63) is 71.3 Å². The third kappa shape index (κ3) is 5.25. The minimum Gasteiger partial charge on any atom is -0.364 e. The predicted molar refractivity (Wildman–Crippen MR) is 135 cm³/mol. The van der Waals surface area contributed by atoms with Crippen molar-refractivity contribution in [3.8, 4) is 11.3 Å². The van der Waals surface area contributed by atoms with Crippen LogP contribution in [0.1, 0.15) is 22.5 Å². The number of likely N-dealkylation sites (tertiary alicyclic amines) is 1. The van der Waals surface area contributed by atoms with Crippen LogP contribution in [0, 0.1) is 5.82 Å². The fourth-order valence-corrected chi connectivity index (χ4v) is 4.67. The SMILES string of the molecule is NC(=O)c1nn(CC(=O)N2C[C@H](F)C[C@H]2C(=O)NCc2cccc(Cl)c2F)c2cnc(-c3cncnc3)cc12. The lowest BCUT2D eigenvalue weighted by Crippen LogP contribution is -2.46. The van der Waals surface area contributed by atoms with Crippen LogP contribution in [0.25, 0.3) is 22.2 Å². The van der Waals surface area contributed by atoms with Crippen molar-refractivity contribution in [2.24, 2.45) is 5.73 Å². The van der Waals surface area contributed by atoms with Crippen molar-refractivity contribution >= 4 is 40.2 Å². The summed E-state index contributed by atoms with van der Waals surface area (Å²) in [6.07, 6.45) is 4.24. The molecule has 1 aliphatic rings. The third-order valence-electron chi connectivity index (χ3n) is 6.37. The van der Waals surface area contributed by atoms with E-state index in [9.17, 15) is 23.2 Å². The molecule has 3 N–H and O–H groups in total. The second-order valence-electron chi connectivity index (χ2n) is 8.91. The molecule has 2 atom stereocenters. The van der Waals surface area contributed by atoms with Gasteiger partial charge in [0, 0.05) is 41.9 Å². The number of nitrogens with zero attached hydrogens (tertiary/aromatic N) is 6. The molecule has 1 aliphatic heterocycles. The highest BCUT2D eigenvalue weighted by atomic mass is 35.5. The van der Waals surface area contributed by atoms with Crippen molar-refractivity contribution < 1.29 is 23.2 Å². The van der Waals surface area contributed by atoms with Gasteiger partial charge in [0.05, 0.1) is 29.0 Å². The highest BCUT2D eigenvalue weighted by Crippen LogP contribution is 2.26. The number of alkyl halides is 1. The number of fused-ring (bicyclic) bond motifs is 1. The average molecular weight is 555 g/mol. The Morgan fingerprint density at radius 3 is 2.69 bits per heavy atom. The first-order valence-electron chi connectivity index (χ1n) is 11.8. The van der Waals surface area contributed by atoms with Gasteiger partial charge in [0.15, 0.2) is 5.69 Å². The Labute approximate surface area is 225 Å². The quantitative estimate of drug-likeness (QED) is 0.355. The highest BCUT2D eigenvalue weighted by molar-refractivity contribution is 6.30. The lowest BCUT2D eigenvalue weighted by atomic mass is 10.1. The first kappa shape index (κ1) is 26.1. The van der Waals surface area contributed by atoms with E-state index in [-0.39, 0.29) is 35.8 Å². The molecule has 0 radical (unpaired) electrons. The monoisotopic (exact) mass is 554 g/mol. The van der Waals surface area contributed by atoms with Gasteiger partial charge in [-0.1, -0.05) is 23.7 Å². The molecule has 1 fully saturated rings. The number of nitrogens with one attached hydrogen (secondary N) is 1. The summed E-state index contributed by atoms with van der Waals surface area (Å²) in [5.74, 6) is -2.73. The molecule has 4 heterocycles. The number of rotatable bonds is 7. The molecule has 0 bridgehead atoms. The molecule has 11 nitrogen and oxygen atoms in total. The number of primary amides is 1. The van der Waals surface area contributed by atoms with Crippen molar-refractivity contribution in [3.63, 3.8) is 0 Å². The van der Waals surface area contributed by atoms with Crippen LogP contribution < -0.4 is 11.1 Å². The second-order valence-corrected chi connectivity index (χ2v) is 9.32. The maximum atomic E-state index is 14.4. The van der Waals surface area contributed by atoms with E-state index in [2.05, 4.69) is 25.4 Å². The molecule has 4 aromatic rings. The molecule has 0 unspecified atom stereocenters. The lowest BCUT2D eigenvalue weighted by Gasteiger charge is -2.23. The number of carbonyl (C=O) groups is 3. The maximum absolute atomic E-state index is 14.4. The average Bonchev–Trinajstić information content (AvgIpc) is 3.50. The third-order valence-corrected chi connectivity index (χ3v) is 6.66. The Morgan fingerprint density at radius 2 is 1.95 bits per heavy atom. The first-order valence-corrected chi connectivity index (χ1v) is 12.2. The van der Waals surface area contributed by atoms with Gasteiger partial charge in [0.1, 0.15) is 30.9 Å². The van der Waals surface area contributed by atoms with Crippen LogP contribution in [0.3, 0.4) is 0 Å². The molecule has 200 valence electrons. The van der Waals surface area contributed by atoms with Crippen LogP contribution in [0.2, 0.25) is 5.02 Å². The Kier molecular flexibility index (Phi) is 7.15. The van der Waals surface area contributed by atoms with Crippen molar-refractivity contribution in [1.82, 2.24) is 34.9 Å². The van der Waals surface area contributed by atoms with Gasteiger partial charge in [-0.3, -0.25) is 24.0 Å². The van der Waals surface area contributed by atoms with E-state index in [0.29, 0.717) is 22.2 Å². The predicted octanol–water partition coefficient (Wildman–Crippen LogP) is 2.04. The van der Waals surface area contributed by atoms with E-state index in [0.717, 1.165) is 4.90 Å². The zero-order valence-electron chi connectivity index (χ0n) is 20.2. The number of benzene rings is 1. The summed E-state index contributed by atoms with van der Waals surface area (Å²) in [7, 11) is 0. The summed E-state index contributed by atoms with van der Waals surface area (Å²) in [4.78, 5) is 51.6. The number of hydrogen-bond donors (Lipinski definition) is 2. The number of amides is 3. The van der Waals surface area contributed by atoms with Gasteiger partial charge in [0.2, 0.25) is 11.8 Å².